The Bertz CT molecular complexity index is 57.4. The summed E-state index contributed by atoms with van der Waals surface area (Å²) in [5.74, 6) is 0. The van der Waals surface area contributed by atoms with Crippen molar-refractivity contribution in [2.24, 2.45) is 0 Å². The average Bonchev–Trinajstić information content (AvgIpc) is 1.33. The van der Waals surface area contributed by atoms with Crippen molar-refractivity contribution < 1.29 is 45.2 Å². The van der Waals surface area contributed by atoms with Crippen molar-refractivity contribution in [2.75, 3.05) is 0 Å². The fraction of sp³-hybridized carbons (Fsp3) is 0. The Balaban J connectivity index is -0.0000000575. The molecule has 0 aliphatic heterocycles. The van der Waals surface area contributed by atoms with Gasteiger partial charge in [0.2, 0.25) is 0 Å². The first-order valence-electron chi connectivity index (χ1n) is 0.973. The molecule has 0 heterocycles. The number of nitrogens with one attached hydrogen (secondary N) is 1. The van der Waals surface area contributed by atoms with E-state index in [4.69, 9.17) is 25.4 Å². The maximum Gasteiger partial charge on any atom is 1.00 e. The SMILES string of the molecule is O=[N+]([O-])O.O=[NH+][O-].[Na+]. The van der Waals surface area contributed by atoms with Crippen molar-refractivity contribution >= 4 is 0 Å². The average molecular weight is 133 g/mol. The Hall–Kier alpha value is -0.400. The quantitative estimate of drug-likeness (QED) is 0.195. The molecule has 8 heavy (non-hydrogen) atoms. The molecule has 0 aliphatic rings. The smallest absolute Gasteiger partial charge is 0.328 e. The fourth-order valence-electron chi connectivity index (χ4n) is 0. The van der Waals surface area contributed by atoms with Crippen LogP contribution in [0, 0.1) is 20.2 Å². The summed E-state index contributed by atoms with van der Waals surface area (Å²) < 4.78 is 0. The van der Waals surface area contributed by atoms with Crippen LogP contribution in [0.1, 0.15) is 0 Å². The van der Waals surface area contributed by atoms with E-state index in [9.17, 15) is 0 Å². The van der Waals surface area contributed by atoms with E-state index >= 15 is 0 Å². The molecular weight excluding hydrogens is 131 g/mol. The van der Waals surface area contributed by atoms with Gasteiger partial charge in [0.05, 0.1) is 0 Å². The van der Waals surface area contributed by atoms with Gasteiger partial charge in [-0.2, -0.15) is 0 Å². The third-order valence-corrected chi connectivity index (χ3v) is 0. The third-order valence-electron chi connectivity index (χ3n) is 0. The molecule has 0 saturated heterocycles. The first kappa shape index (κ1) is 15.6. The van der Waals surface area contributed by atoms with Crippen LogP contribution in [0.5, 0.6) is 0 Å². The van der Waals surface area contributed by atoms with E-state index in [1.54, 1.807) is 0 Å². The molecule has 0 fully saturated rings. The summed E-state index contributed by atoms with van der Waals surface area (Å²) in [5, 5.41) is 22.0. The number of hydrogen-bond acceptors (Lipinski definition) is 4. The number of nitrogens with zero attached hydrogens (tertiary/aromatic N) is 1. The molecule has 0 atom stereocenters. The second kappa shape index (κ2) is 16.0. The molecule has 0 unspecified atom stereocenters. The van der Waals surface area contributed by atoms with E-state index in [0.717, 1.165) is 0 Å². The zero-order valence-electron chi connectivity index (χ0n) is 4.03. The van der Waals surface area contributed by atoms with Gasteiger partial charge in [0.15, 0.2) is 0 Å². The molecule has 2 N–H and O–H groups in total. The van der Waals surface area contributed by atoms with Gasteiger partial charge in [-0.25, -0.2) is 0 Å². The molecule has 0 saturated carbocycles. The van der Waals surface area contributed by atoms with Crippen LogP contribution in [0.15, 0.2) is 0 Å². The molecule has 0 aromatic rings. The summed E-state index contributed by atoms with van der Waals surface area (Å²) in [6.07, 6.45) is 0. The summed E-state index contributed by atoms with van der Waals surface area (Å²) in [4.78, 5) is 16.5. The minimum absolute atomic E-state index is 0. The normalized spacial score (nSPS) is 4.50. The van der Waals surface area contributed by atoms with Gasteiger partial charge in [0.25, 0.3) is 5.09 Å². The van der Waals surface area contributed by atoms with Gasteiger partial charge in [0.1, 0.15) is 0 Å². The van der Waals surface area contributed by atoms with E-state index in [-0.39, 0.29) is 34.9 Å². The van der Waals surface area contributed by atoms with E-state index in [1.165, 1.54) is 0 Å². The summed E-state index contributed by atoms with van der Waals surface area (Å²) in [5.41, 5.74) is 0. The monoisotopic (exact) mass is 133 g/mol. The second-order valence-corrected chi connectivity index (χ2v) is 0.321. The van der Waals surface area contributed by atoms with Crippen molar-refractivity contribution in [3.63, 3.8) is 0 Å². The van der Waals surface area contributed by atoms with Crippen molar-refractivity contribution in [3.8, 4) is 0 Å². The van der Waals surface area contributed by atoms with Crippen molar-refractivity contribution in [3.05, 3.63) is 20.2 Å². The first-order chi connectivity index (χ1) is 3.15. The van der Waals surface area contributed by atoms with Crippen molar-refractivity contribution in [1.29, 1.82) is 0 Å². The van der Waals surface area contributed by atoms with Gasteiger partial charge in [0, 0.05) is 5.34 Å². The van der Waals surface area contributed by atoms with Gasteiger partial charge in [-0.15, -0.1) is 10.1 Å². The van der Waals surface area contributed by atoms with Crippen molar-refractivity contribution in [2.45, 2.75) is 0 Å². The molecule has 0 aliphatic carbocycles. The van der Waals surface area contributed by atoms with Gasteiger partial charge >= 0.3 is 29.6 Å². The van der Waals surface area contributed by atoms with Gasteiger partial charge in [-0.05, 0) is 0 Å². The Labute approximate surface area is 65.6 Å². The van der Waals surface area contributed by atoms with Crippen LogP contribution in [0.3, 0.4) is 0 Å². The van der Waals surface area contributed by atoms with Crippen LogP contribution in [-0.2, 0) is 0 Å². The molecule has 0 aromatic carbocycles. The van der Waals surface area contributed by atoms with E-state index < -0.39 is 5.09 Å². The van der Waals surface area contributed by atoms with Crippen LogP contribution in [0.25, 0.3) is 0 Å². The molecule has 0 spiro atoms. The van der Waals surface area contributed by atoms with Crippen LogP contribution >= 0.6 is 0 Å². The number of hydrogen-bond donors (Lipinski definition) is 2. The van der Waals surface area contributed by atoms with Gasteiger partial charge in [-0.3, -0.25) is 10.1 Å². The fourth-order valence-corrected chi connectivity index (χ4v) is 0. The Morgan fingerprint density at radius 2 is 1.62 bits per heavy atom. The molecule has 8 heteroatoms. The third kappa shape index (κ3) is 741. The maximum atomic E-state index is 8.36. The largest absolute Gasteiger partial charge is 1.00 e. The van der Waals surface area contributed by atoms with Gasteiger partial charge in [-0.1, -0.05) is 0 Å². The van der Waals surface area contributed by atoms with Gasteiger partial charge < -0.3 is 5.21 Å². The summed E-state index contributed by atoms with van der Waals surface area (Å²) in [6.45, 7) is 0. The predicted octanol–water partition coefficient (Wildman–Crippen LogP) is -5.01. The van der Waals surface area contributed by atoms with Crippen molar-refractivity contribution in [1.82, 2.24) is 0 Å². The van der Waals surface area contributed by atoms with Crippen LogP contribution in [-0.4, -0.2) is 10.3 Å². The molecule has 0 radical (unpaired) electrons. The van der Waals surface area contributed by atoms with Crippen LogP contribution in [0.4, 0.5) is 0 Å². The van der Waals surface area contributed by atoms with Crippen LogP contribution < -0.4 is 34.9 Å². The summed E-state index contributed by atoms with van der Waals surface area (Å²) >= 11 is 0. The molecule has 42 valence electrons. The minimum Gasteiger partial charge on any atom is -0.328 e. The first-order valence-corrected chi connectivity index (χ1v) is 0.973. The maximum absolute atomic E-state index is 8.36. The van der Waals surface area contributed by atoms with E-state index in [1.807, 2.05) is 0 Å². The minimum atomic E-state index is -1.50. The molecule has 0 aromatic heterocycles. The summed E-state index contributed by atoms with van der Waals surface area (Å²) in [7, 11) is 0. The zero-order chi connectivity index (χ0) is 6.28. The Morgan fingerprint density at radius 1 is 1.62 bits per heavy atom. The Kier molecular flexibility index (Phi) is 31.2. The molecule has 7 nitrogen and oxygen atoms in total. The summed E-state index contributed by atoms with van der Waals surface area (Å²) in [6, 6.07) is 0. The molecule has 0 rings (SSSR count). The molecular formula is H2N2NaO5+. The standard InChI is InChI=1S/HNO3.HNO2.Na/c2-1(3)4;2-1-3;/h(H,2,3,4);1H;/q;;+1. The number of rotatable bonds is 0. The topological polar surface area (TPSA) is 117 Å². The van der Waals surface area contributed by atoms with E-state index in [0.29, 0.717) is 0 Å². The molecule has 0 bridgehead atoms. The van der Waals surface area contributed by atoms with Crippen LogP contribution in [0.2, 0.25) is 0 Å². The molecule has 0 amide bonds. The zero-order valence-corrected chi connectivity index (χ0v) is 6.03. The van der Waals surface area contributed by atoms with E-state index in [2.05, 4.69) is 0 Å². The Morgan fingerprint density at radius 3 is 1.62 bits per heavy atom. The second-order valence-electron chi connectivity index (χ2n) is 0.321. The predicted molar refractivity (Wildman–Crippen MR) is 16.5 cm³/mol.